The second-order valence-corrected chi connectivity index (χ2v) is 10.8. The molecule has 2 heterocycles. The minimum atomic E-state index is -0.406. The summed E-state index contributed by atoms with van der Waals surface area (Å²) in [6.07, 6.45) is 1.82. The van der Waals surface area contributed by atoms with Crippen LogP contribution in [0.5, 0.6) is 11.5 Å². The van der Waals surface area contributed by atoms with Crippen LogP contribution in [0.25, 0.3) is 16.7 Å². The standard InChI is InChI=1S/C32H36FN3O4/c1-20-6-7-22(33)16-28(20)34-19-26-24(10-11-27-30(26)21(2)18-32(3,4)35-27)25-9-8-23(17-29(25)38-5)40-31(37)36-12-14-39-15-13-36/h6-11,16-18,34-35H,12-15,19H2,1-5H3. The van der Waals surface area contributed by atoms with Crippen LogP contribution in [0.1, 0.15) is 37.5 Å². The molecule has 0 spiro atoms. The number of fused-ring (bicyclic) bond motifs is 1. The predicted octanol–water partition coefficient (Wildman–Crippen LogP) is 6.86. The van der Waals surface area contributed by atoms with E-state index >= 15 is 0 Å². The molecule has 210 valence electrons. The lowest BCUT2D eigenvalue weighted by Gasteiger charge is -2.33. The Hall–Kier alpha value is -4.04. The van der Waals surface area contributed by atoms with Gasteiger partial charge in [0.15, 0.2) is 0 Å². The van der Waals surface area contributed by atoms with Crippen LogP contribution in [-0.4, -0.2) is 49.9 Å². The molecule has 0 unspecified atom stereocenters. The quantitative estimate of drug-likeness (QED) is 0.353. The second-order valence-electron chi connectivity index (χ2n) is 10.8. The van der Waals surface area contributed by atoms with Gasteiger partial charge in [0.25, 0.3) is 0 Å². The van der Waals surface area contributed by atoms with Crippen molar-refractivity contribution < 1.29 is 23.4 Å². The van der Waals surface area contributed by atoms with Crippen LogP contribution < -0.4 is 20.1 Å². The van der Waals surface area contributed by atoms with Crippen molar-refractivity contribution in [2.75, 3.05) is 44.0 Å². The number of hydrogen-bond donors (Lipinski definition) is 2. The van der Waals surface area contributed by atoms with Crippen molar-refractivity contribution in [1.82, 2.24) is 4.90 Å². The van der Waals surface area contributed by atoms with Gasteiger partial charge < -0.3 is 29.7 Å². The summed E-state index contributed by atoms with van der Waals surface area (Å²) in [7, 11) is 1.61. The van der Waals surface area contributed by atoms with Gasteiger partial charge in [0.05, 0.1) is 25.9 Å². The Morgan fingerprint density at radius 3 is 2.58 bits per heavy atom. The first-order valence-electron chi connectivity index (χ1n) is 13.5. The van der Waals surface area contributed by atoms with E-state index in [1.807, 2.05) is 13.0 Å². The summed E-state index contributed by atoms with van der Waals surface area (Å²) in [4.78, 5) is 14.3. The lowest BCUT2D eigenvalue weighted by Crippen LogP contribution is -2.42. The summed E-state index contributed by atoms with van der Waals surface area (Å²) in [5.74, 6) is 0.706. The monoisotopic (exact) mass is 545 g/mol. The number of carbonyl (C=O) groups is 1. The van der Waals surface area contributed by atoms with Crippen LogP contribution in [0.4, 0.5) is 20.6 Å². The molecule has 0 aliphatic carbocycles. The third kappa shape index (κ3) is 5.77. The van der Waals surface area contributed by atoms with Crippen molar-refractivity contribution in [2.45, 2.75) is 39.8 Å². The second kappa shape index (κ2) is 11.2. The molecule has 0 atom stereocenters. The lowest BCUT2D eigenvalue weighted by atomic mass is 9.85. The summed E-state index contributed by atoms with van der Waals surface area (Å²) in [6, 6.07) is 14.4. The fourth-order valence-corrected chi connectivity index (χ4v) is 5.47. The molecule has 2 N–H and O–H groups in total. The largest absolute Gasteiger partial charge is 0.496 e. The number of ether oxygens (including phenoxy) is 3. The fourth-order valence-electron chi connectivity index (χ4n) is 5.47. The number of nitrogens with one attached hydrogen (secondary N) is 2. The number of morpholine rings is 1. The first kappa shape index (κ1) is 27.5. The number of halogens is 1. The zero-order valence-electron chi connectivity index (χ0n) is 23.7. The molecule has 2 aliphatic rings. The Morgan fingerprint density at radius 1 is 1.07 bits per heavy atom. The van der Waals surface area contributed by atoms with Gasteiger partial charge in [-0.15, -0.1) is 0 Å². The molecule has 2 aliphatic heterocycles. The molecule has 7 nitrogen and oxygen atoms in total. The Bertz CT molecular complexity index is 1460. The normalized spacial score (nSPS) is 15.9. The molecule has 1 amide bonds. The van der Waals surface area contributed by atoms with Gasteiger partial charge in [0.1, 0.15) is 17.3 Å². The van der Waals surface area contributed by atoms with Gasteiger partial charge in [0, 0.05) is 48.2 Å². The van der Waals surface area contributed by atoms with E-state index in [1.54, 1.807) is 30.2 Å². The highest BCUT2D eigenvalue weighted by Gasteiger charge is 2.27. The smallest absolute Gasteiger partial charge is 0.415 e. The number of allylic oxidation sites excluding steroid dienone is 1. The van der Waals surface area contributed by atoms with Gasteiger partial charge in [-0.3, -0.25) is 0 Å². The highest BCUT2D eigenvalue weighted by atomic mass is 19.1. The van der Waals surface area contributed by atoms with Crippen LogP contribution in [0, 0.1) is 12.7 Å². The average molecular weight is 546 g/mol. The topological polar surface area (TPSA) is 72.1 Å². The van der Waals surface area contributed by atoms with Gasteiger partial charge in [0.2, 0.25) is 0 Å². The van der Waals surface area contributed by atoms with Gasteiger partial charge in [-0.05, 0) is 80.3 Å². The number of benzene rings is 3. The van der Waals surface area contributed by atoms with Crippen LogP contribution in [0.2, 0.25) is 0 Å². The lowest BCUT2D eigenvalue weighted by molar-refractivity contribution is 0.0416. The minimum absolute atomic E-state index is 0.188. The van der Waals surface area contributed by atoms with E-state index in [9.17, 15) is 9.18 Å². The third-order valence-corrected chi connectivity index (χ3v) is 7.33. The molecular weight excluding hydrogens is 509 g/mol. The molecule has 1 fully saturated rings. The Labute approximate surface area is 234 Å². The van der Waals surface area contributed by atoms with Crippen molar-refractivity contribution >= 4 is 23.0 Å². The Kier molecular flexibility index (Phi) is 7.72. The van der Waals surface area contributed by atoms with Crippen LogP contribution in [0.15, 0.2) is 54.6 Å². The Balaban J connectivity index is 1.53. The number of nitrogens with zero attached hydrogens (tertiary/aromatic N) is 1. The van der Waals surface area contributed by atoms with E-state index in [0.717, 1.165) is 44.8 Å². The minimum Gasteiger partial charge on any atom is -0.496 e. The number of anilines is 2. The number of hydrogen-bond acceptors (Lipinski definition) is 6. The molecule has 8 heteroatoms. The summed E-state index contributed by atoms with van der Waals surface area (Å²) in [5.41, 5.74) is 7.69. The summed E-state index contributed by atoms with van der Waals surface area (Å²) >= 11 is 0. The van der Waals surface area contributed by atoms with Gasteiger partial charge in [-0.25, -0.2) is 9.18 Å². The average Bonchev–Trinajstić information content (AvgIpc) is 2.93. The van der Waals surface area contributed by atoms with Crippen molar-refractivity contribution in [1.29, 1.82) is 0 Å². The van der Waals surface area contributed by atoms with Gasteiger partial charge >= 0.3 is 6.09 Å². The van der Waals surface area contributed by atoms with Crippen molar-refractivity contribution in [3.8, 4) is 22.6 Å². The number of rotatable bonds is 6. The molecule has 0 aromatic heterocycles. The maximum atomic E-state index is 14.1. The van der Waals surface area contributed by atoms with Crippen molar-refractivity contribution in [2.24, 2.45) is 0 Å². The van der Waals surface area contributed by atoms with Gasteiger partial charge in [-0.1, -0.05) is 18.2 Å². The zero-order valence-corrected chi connectivity index (χ0v) is 23.7. The van der Waals surface area contributed by atoms with E-state index < -0.39 is 6.09 Å². The molecule has 0 saturated carbocycles. The van der Waals surface area contributed by atoms with E-state index in [4.69, 9.17) is 14.2 Å². The third-order valence-electron chi connectivity index (χ3n) is 7.33. The molecule has 0 radical (unpaired) electrons. The van der Waals surface area contributed by atoms with Crippen LogP contribution >= 0.6 is 0 Å². The van der Waals surface area contributed by atoms with E-state index in [-0.39, 0.29) is 11.4 Å². The number of amides is 1. The molecule has 3 aromatic rings. The Morgan fingerprint density at radius 2 is 1.82 bits per heavy atom. The van der Waals surface area contributed by atoms with Gasteiger partial charge in [-0.2, -0.15) is 0 Å². The first-order chi connectivity index (χ1) is 19.1. The van der Waals surface area contributed by atoms with Crippen molar-refractivity contribution in [3.63, 3.8) is 0 Å². The SMILES string of the molecule is COc1cc(OC(=O)N2CCOCC2)ccc1-c1ccc2c(c1CNc1cc(F)ccc1C)C(C)=CC(C)(C)N2. The zero-order chi connectivity index (χ0) is 28.4. The molecule has 0 bridgehead atoms. The number of carbonyl (C=O) groups excluding carboxylic acids is 1. The highest BCUT2D eigenvalue weighted by Crippen LogP contribution is 2.43. The van der Waals surface area contributed by atoms with E-state index in [1.165, 1.54) is 12.1 Å². The number of aryl methyl sites for hydroxylation is 1. The summed E-state index contributed by atoms with van der Waals surface area (Å²) in [6.45, 7) is 10.8. The van der Waals surface area contributed by atoms with E-state index in [2.05, 4.69) is 49.6 Å². The maximum absolute atomic E-state index is 14.1. The summed E-state index contributed by atoms with van der Waals surface area (Å²) < 4.78 is 30.9. The van der Waals surface area contributed by atoms with Crippen LogP contribution in [0.3, 0.4) is 0 Å². The van der Waals surface area contributed by atoms with Crippen LogP contribution in [-0.2, 0) is 11.3 Å². The molecule has 3 aromatic carbocycles. The predicted molar refractivity (Wildman–Crippen MR) is 157 cm³/mol. The molecule has 5 rings (SSSR count). The molecule has 40 heavy (non-hydrogen) atoms. The summed E-state index contributed by atoms with van der Waals surface area (Å²) in [5, 5.41) is 7.09. The van der Waals surface area contributed by atoms with Crippen molar-refractivity contribution in [3.05, 3.63) is 77.1 Å². The first-order valence-corrected chi connectivity index (χ1v) is 13.5. The van der Waals surface area contributed by atoms with E-state index in [0.29, 0.717) is 44.3 Å². The highest BCUT2D eigenvalue weighted by molar-refractivity contribution is 5.89. The molecule has 1 saturated heterocycles. The maximum Gasteiger partial charge on any atom is 0.415 e. The number of methoxy groups -OCH3 is 1. The fraction of sp³-hybridized carbons (Fsp3) is 0.344. The molecular formula is C32H36FN3O4.